The Morgan fingerprint density at radius 1 is 1.00 bits per heavy atom. The second kappa shape index (κ2) is 8.07. The van der Waals surface area contributed by atoms with Gasteiger partial charge >= 0.3 is 12.1 Å². The summed E-state index contributed by atoms with van der Waals surface area (Å²) >= 11 is 0. The van der Waals surface area contributed by atoms with Gasteiger partial charge in [-0.3, -0.25) is 4.79 Å². The van der Waals surface area contributed by atoms with Gasteiger partial charge < -0.3 is 19.5 Å². The molecule has 32 heavy (non-hydrogen) atoms. The van der Waals surface area contributed by atoms with E-state index in [9.17, 15) is 27.9 Å². The summed E-state index contributed by atoms with van der Waals surface area (Å²) < 4.78 is 40.5. The average Bonchev–Trinajstić information content (AvgIpc) is 2.78. The van der Waals surface area contributed by atoms with Gasteiger partial charge in [0.15, 0.2) is 0 Å². The van der Waals surface area contributed by atoms with E-state index in [-0.39, 0.29) is 10.9 Å². The molecule has 9 heteroatoms. The van der Waals surface area contributed by atoms with Crippen LogP contribution in [0.4, 0.5) is 24.5 Å². The third kappa shape index (κ3) is 3.93. The molecule has 1 aliphatic rings. The first-order chi connectivity index (χ1) is 15.2. The number of benzene rings is 2. The number of hydrogen-bond donors (Lipinski definition) is 1. The van der Waals surface area contributed by atoms with Gasteiger partial charge in [-0.2, -0.15) is 13.2 Å². The highest BCUT2D eigenvalue weighted by Gasteiger charge is 2.31. The van der Waals surface area contributed by atoms with Crippen LogP contribution in [0.3, 0.4) is 0 Å². The highest BCUT2D eigenvalue weighted by atomic mass is 19.4. The van der Waals surface area contributed by atoms with Crippen LogP contribution in [0.5, 0.6) is 0 Å². The number of halogens is 3. The van der Waals surface area contributed by atoms with Crippen LogP contribution in [0, 0.1) is 0 Å². The zero-order valence-corrected chi connectivity index (χ0v) is 17.0. The van der Waals surface area contributed by atoms with Crippen molar-refractivity contribution in [1.82, 2.24) is 4.57 Å². The molecule has 0 unspecified atom stereocenters. The molecule has 0 amide bonds. The zero-order valence-electron chi connectivity index (χ0n) is 17.0. The lowest BCUT2D eigenvalue weighted by molar-refractivity contribution is -0.137. The van der Waals surface area contributed by atoms with Crippen LogP contribution in [0.15, 0.2) is 60.0 Å². The Hall–Kier alpha value is -3.75. The summed E-state index contributed by atoms with van der Waals surface area (Å²) in [5, 5.41) is 9.54. The van der Waals surface area contributed by atoms with Gasteiger partial charge in [0.05, 0.1) is 11.1 Å². The maximum Gasteiger partial charge on any atom is 0.416 e. The number of alkyl halides is 3. The lowest BCUT2D eigenvalue weighted by Crippen LogP contribution is -2.46. The van der Waals surface area contributed by atoms with E-state index in [1.165, 1.54) is 23.0 Å². The van der Waals surface area contributed by atoms with E-state index in [1.54, 1.807) is 24.3 Å². The van der Waals surface area contributed by atoms with Gasteiger partial charge in [0.25, 0.3) is 0 Å². The summed E-state index contributed by atoms with van der Waals surface area (Å²) in [6.45, 7) is 5.91. The average molecular weight is 443 g/mol. The lowest BCUT2D eigenvalue weighted by Gasteiger charge is -2.37. The van der Waals surface area contributed by atoms with Crippen molar-refractivity contribution in [2.75, 3.05) is 36.0 Å². The Kier molecular flexibility index (Phi) is 5.41. The molecule has 4 rings (SSSR count). The van der Waals surface area contributed by atoms with Crippen LogP contribution < -0.4 is 15.2 Å². The van der Waals surface area contributed by atoms with Crippen molar-refractivity contribution >= 4 is 34.4 Å². The number of pyridine rings is 1. The molecule has 0 saturated carbocycles. The summed E-state index contributed by atoms with van der Waals surface area (Å²) in [6, 6.07) is 10.4. The number of aromatic nitrogens is 1. The Labute approximate surface area is 181 Å². The van der Waals surface area contributed by atoms with Crippen molar-refractivity contribution in [2.45, 2.75) is 6.18 Å². The highest BCUT2D eigenvalue weighted by Crippen LogP contribution is 2.32. The molecule has 0 atom stereocenters. The Bertz CT molecular complexity index is 1260. The maximum absolute atomic E-state index is 13.0. The number of piperazine rings is 1. The fraction of sp³-hybridized carbons (Fsp3) is 0.217. The number of carboxylic acids is 1. The Morgan fingerprint density at radius 3 is 2.19 bits per heavy atom. The van der Waals surface area contributed by atoms with Crippen molar-refractivity contribution in [2.24, 2.45) is 0 Å². The molecule has 3 aromatic rings. The molecule has 2 heterocycles. The first kappa shape index (κ1) is 21.5. The summed E-state index contributed by atoms with van der Waals surface area (Å²) in [5.74, 6) is -1.30. The third-order valence-corrected chi connectivity index (χ3v) is 5.63. The number of nitrogens with zero attached hydrogens (tertiary/aromatic N) is 3. The second-order valence-corrected chi connectivity index (χ2v) is 7.49. The molecular formula is C23H20F3N3O3. The van der Waals surface area contributed by atoms with Crippen molar-refractivity contribution < 1.29 is 23.1 Å². The number of rotatable bonds is 4. The molecule has 1 aliphatic heterocycles. The topological polar surface area (TPSA) is 65.8 Å². The van der Waals surface area contributed by atoms with E-state index in [0.29, 0.717) is 37.4 Å². The normalized spacial score (nSPS) is 14.6. The van der Waals surface area contributed by atoms with Crippen molar-refractivity contribution in [3.8, 4) is 0 Å². The summed E-state index contributed by atoms with van der Waals surface area (Å²) in [7, 11) is 0. The fourth-order valence-electron chi connectivity index (χ4n) is 3.94. The molecule has 0 spiro atoms. The van der Waals surface area contributed by atoms with Crippen LogP contribution in [0.25, 0.3) is 17.1 Å². The van der Waals surface area contributed by atoms with E-state index >= 15 is 0 Å². The largest absolute Gasteiger partial charge is 0.477 e. The van der Waals surface area contributed by atoms with Gasteiger partial charge in [0.2, 0.25) is 5.43 Å². The first-order valence-electron chi connectivity index (χ1n) is 9.91. The molecule has 0 aliphatic carbocycles. The molecule has 1 N–H and O–H groups in total. The monoisotopic (exact) mass is 443 g/mol. The molecule has 0 bridgehead atoms. The quantitative estimate of drug-likeness (QED) is 0.657. The molecule has 1 fully saturated rings. The van der Waals surface area contributed by atoms with E-state index in [0.717, 1.165) is 17.8 Å². The minimum Gasteiger partial charge on any atom is -0.477 e. The number of anilines is 2. The van der Waals surface area contributed by atoms with E-state index in [1.807, 2.05) is 4.90 Å². The SMILES string of the molecule is C=Cn1cc(C(=O)O)c(=O)c2ccc(N3CCN(c4cccc(C(F)(F)F)c4)CC3)cc21. The number of fused-ring (bicyclic) bond motifs is 1. The van der Waals surface area contributed by atoms with Gasteiger partial charge in [0, 0.05) is 55.3 Å². The molecule has 166 valence electrons. The molecule has 2 aromatic carbocycles. The molecule has 6 nitrogen and oxygen atoms in total. The minimum atomic E-state index is -4.38. The van der Waals surface area contributed by atoms with Gasteiger partial charge in [-0.25, -0.2) is 4.79 Å². The number of aromatic carboxylic acids is 1. The van der Waals surface area contributed by atoms with Crippen molar-refractivity contribution in [3.05, 3.63) is 76.6 Å². The first-order valence-corrected chi connectivity index (χ1v) is 9.91. The van der Waals surface area contributed by atoms with Crippen LogP contribution in [0.2, 0.25) is 0 Å². The molecule has 1 aromatic heterocycles. The minimum absolute atomic E-state index is 0.274. The zero-order chi connectivity index (χ0) is 23.0. The Balaban J connectivity index is 1.58. The molecule has 0 radical (unpaired) electrons. The molecule has 1 saturated heterocycles. The van der Waals surface area contributed by atoms with Crippen LogP contribution in [0.1, 0.15) is 15.9 Å². The number of carboxylic acid groups (broad SMARTS) is 1. The fourth-order valence-corrected chi connectivity index (χ4v) is 3.94. The Morgan fingerprint density at radius 2 is 1.62 bits per heavy atom. The standard InChI is InChI=1S/C23H20F3N3O3/c1-2-27-14-19(22(31)32)21(30)18-7-6-17(13-20(18)27)29-10-8-28(9-11-29)16-5-3-4-15(12-16)23(24,25)26/h2-7,12-14H,1,8-11H2,(H,31,32). The number of carbonyl (C=O) groups is 1. The lowest BCUT2D eigenvalue weighted by atomic mass is 10.1. The summed E-state index contributed by atoms with van der Waals surface area (Å²) in [6.07, 6.45) is -1.71. The smallest absolute Gasteiger partial charge is 0.416 e. The van der Waals surface area contributed by atoms with Crippen molar-refractivity contribution in [3.63, 3.8) is 0 Å². The van der Waals surface area contributed by atoms with Gasteiger partial charge in [-0.05, 0) is 36.4 Å². The van der Waals surface area contributed by atoms with E-state index < -0.39 is 23.1 Å². The van der Waals surface area contributed by atoms with Gasteiger partial charge in [-0.1, -0.05) is 12.6 Å². The van der Waals surface area contributed by atoms with E-state index in [2.05, 4.69) is 11.5 Å². The van der Waals surface area contributed by atoms with Crippen LogP contribution >= 0.6 is 0 Å². The van der Waals surface area contributed by atoms with Crippen LogP contribution in [-0.2, 0) is 6.18 Å². The molecular weight excluding hydrogens is 423 g/mol. The van der Waals surface area contributed by atoms with Gasteiger partial charge in [0.1, 0.15) is 5.56 Å². The maximum atomic E-state index is 13.0. The number of hydrogen-bond acceptors (Lipinski definition) is 4. The summed E-state index contributed by atoms with van der Waals surface area (Å²) in [4.78, 5) is 27.8. The van der Waals surface area contributed by atoms with Gasteiger partial charge in [-0.15, -0.1) is 0 Å². The highest BCUT2D eigenvalue weighted by molar-refractivity contribution is 5.94. The second-order valence-electron chi connectivity index (χ2n) is 7.49. The van der Waals surface area contributed by atoms with Crippen molar-refractivity contribution in [1.29, 1.82) is 0 Å². The van der Waals surface area contributed by atoms with Crippen LogP contribution in [-0.4, -0.2) is 41.8 Å². The van der Waals surface area contributed by atoms with E-state index in [4.69, 9.17) is 0 Å². The third-order valence-electron chi connectivity index (χ3n) is 5.63. The summed E-state index contributed by atoms with van der Waals surface area (Å²) in [5.41, 5.74) is 0.327. The predicted molar refractivity (Wildman–Crippen MR) is 117 cm³/mol. The predicted octanol–water partition coefficient (Wildman–Crippen LogP) is 4.15.